The number of likely N-dealkylation sites (N-methyl/N-ethyl adjacent to an activating group) is 1. The average Bonchev–Trinajstić information content (AvgIpc) is 2.82. The van der Waals surface area contributed by atoms with E-state index in [0.29, 0.717) is 18.0 Å². The van der Waals surface area contributed by atoms with Gasteiger partial charge in [0.2, 0.25) is 0 Å². The lowest BCUT2D eigenvalue weighted by molar-refractivity contribution is 0.0129. The highest BCUT2D eigenvalue weighted by atomic mass is 35.5. The first-order chi connectivity index (χ1) is 9.48. The Balaban J connectivity index is 1.79. The van der Waals surface area contributed by atoms with Gasteiger partial charge in [0.1, 0.15) is 0 Å². The van der Waals surface area contributed by atoms with E-state index in [-0.39, 0.29) is 0 Å². The summed E-state index contributed by atoms with van der Waals surface area (Å²) in [5.74, 6) is 0. The molecule has 0 amide bonds. The van der Waals surface area contributed by atoms with Gasteiger partial charge < -0.3 is 15.1 Å². The molecule has 0 heterocycles. The third-order valence-corrected chi connectivity index (χ3v) is 4.35. The van der Waals surface area contributed by atoms with Crippen molar-refractivity contribution in [2.45, 2.75) is 43.8 Å². The number of benzene rings is 1. The molecule has 2 N–H and O–H groups in total. The lowest BCUT2D eigenvalue weighted by atomic mass is 10.0. The third-order valence-electron chi connectivity index (χ3n) is 4.12. The smallest absolute Gasteiger partial charge is 0.0802 e. The largest absolute Gasteiger partial charge is 0.389 e. The molecule has 0 aromatic heterocycles. The van der Waals surface area contributed by atoms with Crippen LogP contribution in [0.2, 0.25) is 5.02 Å². The Morgan fingerprint density at radius 1 is 1.35 bits per heavy atom. The molecule has 1 atom stereocenters. The highest BCUT2D eigenvalue weighted by molar-refractivity contribution is 6.30. The standard InChI is InChI=1S/C16H24ClNO2/c1-18(12-16(20)8-2-3-9-16)10-7-15(19)13-5-4-6-14(17)11-13/h4-6,11,15,19-20H,2-3,7-10,12H2,1H3. The fourth-order valence-corrected chi connectivity index (χ4v) is 3.19. The zero-order chi connectivity index (χ0) is 14.6. The van der Waals surface area contributed by atoms with E-state index in [0.717, 1.165) is 37.8 Å². The van der Waals surface area contributed by atoms with Crippen molar-refractivity contribution >= 4 is 11.6 Å². The van der Waals surface area contributed by atoms with Crippen molar-refractivity contribution in [3.05, 3.63) is 34.9 Å². The molecule has 0 aliphatic heterocycles. The summed E-state index contributed by atoms with van der Waals surface area (Å²) >= 11 is 5.93. The van der Waals surface area contributed by atoms with Gasteiger partial charge in [0, 0.05) is 18.1 Å². The molecule has 112 valence electrons. The second-order valence-corrected chi connectivity index (χ2v) is 6.47. The maximum atomic E-state index is 10.4. The summed E-state index contributed by atoms with van der Waals surface area (Å²) in [4.78, 5) is 2.11. The molecular formula is C16H24ClNO2. The summed E-state index contributed by atoms with van der Waals surface area (Å²) in [6.45, 7) is 1.45. The number of hydrogen-bond acceptors (Lipinski definition) is 3. The molecule has 0 radical (unpaired) electrons. The van der Waals surface area contributed by atoms with Crippen LogP contribution in [0, 0.1) is 0 Å². The summed E-state index contributed by atoms with van der Waals surface area (Å²) in [5.41, 5.74) is 0.334. The van der Waals surface area contributed by atoms with Crippen molar-refractivity contribution in [2.24, 2.45) is 0 Å². The molecule has 4 heteroatoms. The van der Waals surface area contributed by atoms with E-state index in [9.17, 15) is 10.2 Å². The van der Waals surface area contributed by atoms with E-state index in [1.807, 2.05) is 19.2 Å². The maximum absolute atomic E-state index is 10.4. The van der Waals surface area contributed by atoms with Gasteiger partial charge in [0.25, 0.3) is 0 Å². The number of rotatable bonds is 6. The van der Waals surface area contributed by atoms with Crippen molar-refractivity contribution in [2.75, 3.05) is 20.1 Å². The van der Waals surface area contributed by atoms with Crippen molar-refractivity contribution in [3.63, 3.8) is 0 Å². The van der Waals surface area contributed by atoms with Crippen LogP contribution in [0.5, 0.6) is 0 Å². The van der Waals surface area contributed by atoms with Crippen molar-refractivity contribution < 1.29 is 10.2 Å². The topological polar surface area (TPSA) is 43.7 Å². The monoisotopic (exact) mass is 297 g/mol. The number of aliphatic hydroxyl groups excluding tert-OH is 1. The van der Waals surface area contributed by atoms with Crippen LogP contribution in [0.25, 0.3) is 0 Å². The molecule has 0 saturated heterocycles. The van der Waals surface area contributed by atoms with E-state index in [4.69, 9.17) is 11.6 Å². The summed E-state index contributed by atoms with van der Waals surface area (Å²) in [6.07, 6.45) is 4.18. The minimum absolute atomic E-state index is 0.505. The Bertz CT molecular complexity index is 432. The van der Waals surface area contributed by atoms with Crippen LogP contribution in [0.15, 0.2) is 24.3 Å². The van der Waals surface area contributed by atoms with Crippen LogP contribution in [-0.4, -0.2) is 40.9 Å². The second-order valence-electron chi connectivity index (χ2n) is 6.03. The van der Waals surface area contributed by atoms with Gasteiger partial charge in [-0.15, -0.1) is 0 Å². The Morgan fingerprint density at radius 2 is 2.05 bits per heavy atom. The number of aliphatic hydroxyl groups is 2. The van der Waals surface area contributed by atoms with Gasteiger partial charge in [-0.3, -0.25) is 0 Å². The van der Waals surface area contributed by atoms with E-state index in [1.54, 1.807) is 12.1 Å². The molecule has 1 saturated carbocycles. The van der Waals surface area contributed by atoms with E-state index >= 15 is 0 Å². The molecule has 20 heavy (non-hydrogen) atoms. The van der Waals surface area contributed by atoms with Gasteiger partial charge in [-0.05, 0) is 44.0 Å². The molecule has 1 aliphatic rings. The number of nitrogens with zero attached hydrogens (tertiary/aromatic N) is 1. The lowest BCUT2D eigenvalue weighted by Gasteiger charge is -2.29. The average molecular weight is 298 g/mol. The Labute approximate surface area is 126 Å². The number of halogens is 1. The number of hydrogen-bond donors (Lipinski definition) is 2. The van der Waals surface area contributed by atoms with Crippen molar-refractivity contribution in [3.8, 4) is 0 Å². The van der Waals surface area contributed by atoms with Gasteiger partial charge in [-0.1, -0.05) is 36.6 Å². The molecule has 0 bridgehead atoms. The van der Waals surface area contributed by atoms with Crippen LogP contribution in [0.4, 0.5) is 0 Å². The molecule has 1 fully saturated rings. The van der Waals surface area contributed by atoms with E-state index in [1.165, 1.54) is 0 Å². The van der Waals surface area contributed by atoms with E-state index in [2.05, 4.69) is 4.90 Å². The van der Waals surface area contributed by atoms with Crippen molar-refractivity contribution in [1.29, 1.82) is 0 Å². The van der Waals surface area contributed by atoms with Crippen LogP contribution >= 0.6 is 11.6 Å². The normalized spacial score (nSPS) is 19.4. The zero-order valence-corrected chi connectivity index (χ0v) is 12.8. The second kappa shape index (κ2) is 6.90. The third kappa shape index (κ3) is 4.45. The predicted molar refractivity (Wildman–Crippen MR) is 81.9 cm³/mol. The predicted octanol–water partition coefficient (Wildman–Crippen LogP) is 3.00. The van der Waals surface area contributed by atoms with Gasteiger partial charge in [0.05, 0.1) is 11.7 Å². The van der Waals surface area contributed by atoms with Crippen LogP contribution in [0.3, 0.4) is 0 Å². The minimum Gasteiger partial charge on any atom is -0.389 e. The fourth-order valence-electron chi connectivity index (χ4n) is 3.00. The molecule has 2 rings (SSSR count). The summed E-state index contributed by atoms with van der Waals surface area (Å²) < 4.78 is 0. The van der Waals surface area contributed by atoms with Crippen molar-refractivity contribution in [1.82, 2.24) is 4.90 Å². The molecule has 1 aliphatic carbocycles. The Morgan fingerprint density at radius 3 is 2.70 bits per heavy atom. The first-order valence-electron chi connectivity index (χ1n) is 7.33. The quantitative estimate of drug-likeness (QED) is 0.848. The zero-order valence-electron chi connectivity index (χ0n) is 12.1. The summed E-state index contributed by atoms with van der Waals surface area (Å²) in [6, 6.07) is 7.35. The highest BCUT2D eigenvalue weighted by Crippen LogP contribution is 2.30. The van der Waals surface area contributed by atoms with E-state index < -0.39 is 11.7 Å². The first kappa shape index (κ1) is 15.8. The summed E-state index contributed by atoms with van der Waals surface area (Å²) in [7, 11) is 2.00. The minimum atomic E-state index is -0.518. The van der Waals surface area contributed by atoms with Crippen LogP contribution in [0.1, 0.15) is 43.8 Å². The first-order valence-corrected chi connectivity index (χ1v) is 7.71. The molecular weight excluding hydrogens is 274 g/mol. The fraction of sp³-hybridized carbons (Fsp3) is 0.625. The van der Waals surface area contributed by atoms with Crippen LogP contribution < -0.4 is 0 Å². The molecule has 0 spiro atoms. The molecule has 1 aromatic carbocycles. The maximum Gasteiger partial charge on any atom is 0.0802 e. The lowest BCUT2D eigenvalue weighted by Crippen LogP contribution is -2.39. The van der Waals surface area contributed by atoms with Gasteiger partial charge in [0.15, 0.2) is 0 Å². The molecule has 1 aromatic rings. The molecule has 1 unspecified atom stereocenters. The van der Waals surface area contributed by atoms with Gasteiger partial charge in [-0.25, -0.2) is 0 Å². The Kier molecular flexibility index (Phi) is 5.44. The highest BCUT2D eigenvalue weighted by Gasteiger charge is 2.32. The Hall–Kier alpha value is -0.610. The van der Waals surface area contributed by atoms with Gasteiger partial charge >= 0.3 is 0 Å². The SMILES string of the molecule is CN(CCC(O)c1cccc(Cl)c1)CC1(O)CCCC1. The van der Waals surface area contributed by atoms with Gasteiger partial charge in [-0.2, -0.15) is 0 Å². The molecule has 3 nitrogen and oxygen atoms in total. The summed E-state index contributed by atoms with van der Waals surface area (Å²) in [5, 5.41) is 21.2. The van der Waals surface area contributed by atoms with Crippen LogP contribution in [-0.2, 0) is 0 Å².